The number of aryl methyl sites for hydroxylation is 1. The zero-order chi connectivity index (χ0) is 20.2. The van der Waals surface area contributed by atoms with Crippen molar-refractivity contribution in [3.8, 4) is 17.4 Å². The molecule has 1 aromatic carbocycles. The second-order valence-electron chi connectivity index (χ2n) is 6.03. The molecule has 0 bridgehead atoms. The molecule has 1 N–H and O–H groups in total. The Hall–Kier alpha value is -3.59. The van der Waals surface area contributed by atoms with Gasteiger partial charge in [0.1, 0.15) is 11.6 Å². The minimum atomic E-state index is -0.247. The Balaban J connectivity index is 1.47. The van der Waals surface area contributed by atoms with E-state index in [9.17, 15) is 4.79 Å². The van der Waals surface area contributed by atoms with Gasteiger partial charge in [-0.15, -0.1) is 0 Å². The second kappa shape index (κ2) is 8.19. The van der Waals surface area contributed by atoms with Crippen molar-refractivity contribution >= 4 is 27.5 Å². The van der Waals surface area contributed by atoms with E-state index >= 15 is 0 Å². The van der Waals surface area contributed by atoms with Gasteiger partial charge < -0.3 is 10.1 Å². The van der Waals surface area contributed by atoms with Gasteiger partial charge in [0.2, 0.25) is 5.88 Å². The van der Waals surface area contributed by atoms with Crippen LogP contribution in [-0.4, -0.2) is 30.6 Å². The largest absolute Gasteiger partial charge is 0.439 e. The molecule has 0 aliphatic heterocycles. The van der Waals surface area contributed by atoms with Crippen molar-refractivity contribution in [3.63, 3.8) is 0 Å². The molecule has 9 heteroatoms. The molecule has 0 radical (unpaired) electrons. The van der Waals surface area contributed by atoms with Crippen LogP contribution in [0.2, 0.25) is 0 Å². The van der Waals surface area contributed by atoms with Gasteiger partial charge in [-0.2, -0.15) is 10.1 Å². The molecule has 4 rings (SSSR count). The Kier molecular flexibility index (Phi) is 5.30. The molecule has 144 valence electrons. The van der Waals surface area contributed by atoms with Gasteiger partial charge in [0.05, 0.1) is 5.56 Å². The number of nitrogens with zero attached hydrogens (tertiary/aromatic N) is 5. The maximum absolute atomic E-state index is 12.3. The Morgan fingerprint density at radius 3 is 2.69 bits per heavy atom. The van der Waals surface area contributed by atoms with E-state index in [4.69, 9.17) is 4.74 Å². The van der Waals surface area contributed by atoms with Crippen LogP contribution >= 0.6 is 15.9 Å². The van der Waals surface area contributed by atoms with E-state index < -0.39 is 0 Å². The summed E-state index contributed by atoms with van der Waals surface area (Å²) in [6, 6.07) is 12.2. The van der Waals surface area contributed by atoms with Gasteiger partial charge >= 0.3 is 0 Å². The Labute approximate surface area is 174 Å². The minimum Gasteiger partial charge on any atom is -0.439 e. The average Bonchev–Trinajstić information content (AvgIpc) is 3.24. The molecular weight excluding hydrogens is 436 g/mol. The number of carbonyl (C=O) groups excluding carboxylic acids is 1. The SMILES string of the molecule is Cc1nc(Oc2ccc(NC(=O)c3cncc(Br)c3)cc2)cc(-n2cccn2)n1. The van der Waals surface area contributed by atoms with Crippen molar-refractivity contribution in [2.24, 2.45) is 0 Å². The van der Waals surface area contributed by atoms with Gasteiger partial charge in [0, 0.05) is 41.0 Å². The molecule has 0 aliphatic carbocycles. The smallest absolute Gasteiger partial charge is 0.257 e. The van der Waals surface area contributed by atoms with Crippen LogP contribution in [0, 0.1) is 6.92 Å². The molecule has 8 nitrogen and oxygen atoms in total. The number of nitrogens with one attached hydrogen (secondary N) is 1. The van der Waals surface area contributed by atoms with Crippen molar-refractivity contribution in [3.05, 3.63) is 83.1 Å². The second-order valence-corrected chi connectivity index (χ2v) is 6.95. The Morgan fingerprint density at radius 2 is 1.97 bits per heavy atom. The van der Waals surface area contributed by atoms with E-state index in [1.807, 2.05) is 6.07 Å². The molecule has 0 spiro atoms. The summed E-state index contributed by atoms with van der Waals surface area (Å²) >= 11 is 3.30. The minimum absolute atomic E-state index is 0.247. The van der Waals surface area contributed by atoms with Crippen LogP contribution in [0.1, 0.15) is 16.2 Å². The standard InChI is InChI=1S/C20H15BrN6O2/c1-13-24-18(27-8-2-7-23-27)10-19(25-13)29-17-5-3-16(4-6-17)26-20(28)14-9-15(21)12-22-11-14/h2-12H,1H3,(H,26,28). The van der Waals surface area contributed by atoms with E-state index in [-0.39, 0.29) is 5.91 Å². The third-order valence-electron chi connectivity index (χ3n) is 3.84. The lowest BCUT2D eigenvalue weighted by Crippen LogP contribution is -2.12. The first-order valence-electron chi connectivity index (χ1n) is 8.62. The highest BCUT2D eigenvalue weighted by Crippen LogP contribution is 2.23. The zero-order valence-electron chi connectivity index (χ0n) is 15.3. The Bertz CT molecular complexity index is 1150. The summed E-state index contributed by atoms with van der Waals surface area (Å²) in [5.74, 6) is 1.92. The quantitative estimate of drug-likeness (QED) is 0.490. The predicted octanol–water partition coefficient (Wildman–Crippen LogP) is 4.17. The molecule has 0 saturated heterocycles. The lowest BCUT2D eigenvalue weighted by molar-refractivity contribution is 0.102. The molecule has 0 saturated carbocycles. The molecule has 0 aliphatic rings. The van der Waals surface area contributed by atoms with Gasteiger partial charge in [-0.25, -0.2) is 9.67 Å². The molecule has 3 aromatic heterocycles. The number of benzene rings is 1. The number of hydrogen-bond acceptors (Lipinski definition) is 6. The summed E-state index contributed by atoms with van der Waals surface area (Å²) in [6.07, 6.45) is 6.60. The molecule has 0 unspecified atom stereocenters. The monoisotopic (exact) mass is 450 g/mol. The van der Waals surface area contributed by atoms with E-state index in [0.29, 0.717) is 34.5 Å². The fraction of sp³-hybridized carbons (Fsp3) is 0.0500. The van der Waals surface area contributed by atoms with Gasteiger partial charge in [-0.1, -0.05) is 0 Å². The number of hydrogen-bond donors (Lipinski definition) is 1. The highest BCUT2D eigenvalue weighted by molar-refractivity contribution is 9.10. The first kappa shape index (κ1) is 18.8. The molecule has 29 heavy (non-hydrogen) atoms. The maximum atomic E-state index is 12.3. The van der Waals surface area contributed by atoms with E-state index in [1.54, 1.807) is 66.6 Å². The summed E-state index contributed by atoms with van der Waals surface area (Å²) in [5, 5.41) is 6.99. The van der Waals surface area contributed by atoms with Crippen LogP contribution in [0.5, 0.6) is 11.6 Å². The van der Waals surface area contributed by atoms with E-state index in [2.05, 4.69) is 41.3 Å². The van der Waals surface area contributed by atoms with Crippen molar-refractivity contribution in [2.45, 2.75) is 6.92 Å². The van der Waals surface area contributed by atoms with Gasteiger partial charge in [0.15, 0.2) is 5.82 Å². The molecule has 3 heterocycles. The summed E-state index contributed by atoms with van der Waals surface area (Å²) in [5.41, 5.74) is 1.10. The maximum Gasteiger partial charge on any atom is 0.257 e. The molecule has 0 atom stereocenters. The number of carbonyl (C=O) groups is 1. The normalized spacial score (nSPS) is 10.6. The van der Waals surface area contributed by atoms with Crippen LogP contribution in [0.4, 0.5) is 5.69 Å². The first-order chi connectivity index (χ1) is 14.1. The predicted molar refractivity (Wildman–Crippen MR) is 110 cm³/mol. The highest BCUT2D eigenvalue weighted by Gasteiger charge is 2.09. The van der Waals surface area contributed by atoms with E-state index in [1.165, 1.54) is 6.20 Å². The first-order valence-corrected chi connectivity index (χ1v) is 9.42. The van der Waals surface area contributed by atoms with Crippen molar-refractivity contribution < 1.29 is 9.53 Å². The summed E-state index contributed by atoms with van der Waals surface area (Å²) in [7, 11) is 0. The summed E-state index contributed by atoms with van der Waals surface area (Å²) in [6.45, 7) is 1.79. The number of halogens is 1. The van der Waals surface area contributed by atoms with Gasteiger partial charge in [-0.3, -0.25) is 9.78 Å². The third kappa shape index (κ3) is 4.64. The zero-order valence-corrected chi connectivity index (χ0v) is 16.9. The number of aromatic nitrogens is 5. The molecular formula is C20H15BrN6O2. The molecule has 1 amide bonds. The van der Waals surface area contributed by atoms with Crippen LogP contribution < -0.4 is 10.1 Å². The summed E-state index contributed by atoms with van der Waals surface area (Å²) < 4.78 is 8.21. The number of anilines is 1. The number of rotatable bonds is 5. The Morgan fingerprint density at radius 1 is 1.14 bits per heavy atom. The van der Waals surface area contributed by atoms with Gasteiger partial charge in [-0.05, 0) is 59.3 Å². The van der Waals surface area contributed by atoms with Crippen molar-refractivity contribution in [2.75, 3.05) is 5.32 Å². The fourth-order valence-corrected chi connectivity index (χ4v) is 2.93. The average molecular weight is 451 g/mol. The van der Waals surface area contributed by atoms with Gasteiger partial charge in [0.25, 0.3) is 5.91 Å². The summed E-state index contributed by atoms with van der Waals surface area (Å²) in [4.78, 5) is 25.0. The lowest BCUT2D eigenvalue weighted by atomic mass is 10.2. The molecule has 4 aromatic rings. The third-order valence-corrected chi connectivity index (χ3v) is 4.28. The van der Waals surface area contributed by atoms with Crippen LogP contribution in [-0.2, 0) is 0 Å². The number of ether oxygens (including phenoxy) is 1. The van der Waals surface area contributed by atoms with Crippen LogP contribution in [0.25, 0.3) is 5.82 Å². The van der Waals surface area contributed by atoms with Crippen molar-refractivity contribution in [1.29, 1.82) is 0 Å². The number of amides is 1. The van der Waals surface area contributed by atoms with Crippen LogP contribution in [0.3, 0.4) is 0 Å². The van der Waals surface area contributed by atoms with E-state index in [0.717, 1.165) is 4.47 Å². The lowest BCUT2D eigenvalue weighted by Gasteiger charge is -2.09. The van der Waals surface area contributed by atoms with Crippen LogP contribution in [0.15, 0.2) is 71.7 Å². The highest BCUT2D eigenvalue weighted by atomic mass is 79.9. The number of pyridine rings is 1. The topological polar surface area (TPSA) is 94.8 Å². The fourth-order valence-electron chi connectivity index (χ4n) is 2.57. The van der Waals surface area contributed by atoms with Crippen molar-refractivity contribution in [1.82, 2.24) is 24.7 Å². The molecule has 0 fully saturated rings.